The largest absolute Gasteiger partial charge is 0.317 e. The second-order valence-corrected chi connectivity index (χ2v) is 23.5. The molecule has 3 N–H and O–H groups in total. The minimum absolute atomic E-state index is 0. The molecule has 6 aliphatic rings. The average molecular weight is 1170 g/mol. The number of likely N-dealkylation sites (tertiary alicyclic amines) is 1. The van der Waals surface area contributed by atoms with Crippen molar-refractivity contribution in [2.75, 3.05) is 36.0 Å². The highest BCUT2D eigenvalue weighted by atomic mass is 35.5. The molecule has 14 heteroatoms. The first-order chi connectivity index (χ1) is 41.5. The van der Waals surface area contributed by atoms with Crippen molar-refractivity contribution in [3.63, 3.8) is 0 Å². The molecule has 0 aromatic heterocycles. The van der Waals surface area contributed by atoms with Crippen molar-refractivity contribution in [3.05, 3.63) is 225 Å². The van der Waals surface area contributed by atoms with Gasteiger partial charge in [-0.3, -0.25) is 58.9 Å². The normalized spacial score (nSPS) is 18.7. The second kappa shape index (κ2) is 26.7. The maximum atomic E-state index is 13.4. The summed E-state index contributed by atoms with van der Waals surface area (Å²) in [4.78, 5) is 91.0. The fourth-order valence-electron chi connectivity index (χ4n) is 13.4. The molecule has 8 aromatic rings. The van der Waals surface area contributed by atoms with Gasteiger partial charge in [0.05, 0.1) is 11.4 Å². The molecule has 2 unspecified atom stereocenters. The van der Waals surface area contributed by atoms with Crippen LogP contribution in [0.2, 0.25) is 0 Å². The summed E-state index contributed by atoms with van der Waals surface area (Å²) in [5, 5.41) is 12.1. The number of rotatable bonds is 13. The molecule has 13 nitrogen and oxygen atoms in total. The molecule has 438 valence electrons. The Kier molecular flexibility index (Phi) is 18.4. The lowest BCUT2D eigenvalue weighted by Gasteiger charge is -2.32. The Balaban J connectivity index is 0.000000158. The summed E-state index contributed by atoms with van der Waals surface area (Å²) in [5.41, 5.74) is 12.5. The highest BCUT2D eigenvalue weighted by molar-refractivity contribution is 6.28. The Morgan fingerprint density at radius 3 is 1.33 bits per heavy atom. The Morgan fingerprint density at radius 1 is 0.442 bits per heavy atom. The number of hydrogen-bond acceptors (Lipinski definition) is 9. The van der Waals surface area contributed by atoms with Crippen molar-refractivity contribution in [3.8, 4) is 0 Å². The van der Waals surface area contributed by atoms with Crippen LogP contribution >= 0.6 is 12.4 Å². The van der Waals surface area contributed by atoms with Crippen molar-refractivity contribution >= 4 is 87.1 Å². The van der Waals surface area contributed by atoms with Crippen LogP contribution < -0.4 is 25.8 Å². The number of halogens is 1. The molecule has 4 fully saturated rings. The van der Waals surface area contributed by atoms with Crippen molar-refractivity contribution < 1.29 is 33.6 Å². The minimum atomic E-state index is -0.666. The summed E-state index contributed by atoms with van der Waals surface area (Å²) in [6.07, 6.45) is 10.8. The average Bonchev–Trinajstić information content (AvgIpc) is 1.77. The van der Waals surface area contributed by atoms with Gasteiger partial charge in [0.25, 0.3) is 11.8 Å². The molecule has 86 heavy (non-hydrogen) atoms. The molecule has 0 bridgehead atoms. The third-order valence-corrected chi connectivity index (χ3v) is 17.9. The number of carbonyl (C=O) groups excluding carboxylic acids is 7. The molecular formula is C72H71ClN6O7. The van der Waals surface area contributed by atoms with Crippen LogP contribution in [-0.2, 0) is 51.4 Å². The van der Waals surface area contributed by atoms with Gasteiger partial charge in [0, 0.05) is 46.8 Å². The van der Waals surface area contributed by atoms with E-state index >= 15 is 0 Å². The molecule has 6 amide bonds. The molecule has 0 aliphatic carbocycles. The van der Waals surface area contributed by atoms with Gasteiger partial charge < -0.3 is 5.32 Å². The van der Waals surface area contributed by atoms with E-state index in [2.05, 4.69) is 124 Å². The maximum absolute atomic E-state index is 13.4. The molecule has 0 radical (unpaired) electrons. The molecule has 14 rings (SSSR count). The maximum Gasteiger partial charge on any atom is 0.259 e. The van der Waals surface area contributed by atoms with Gasteiger partial charge in [0.1, 0.15) is 18.4 Å². The van der Waals surface area contributed by atoms with E-state index in [1.807, 2.05) is 54.6 Å². The van der Waals surface area contributed by atoms with Gasteiger partial charge in [-0.25, -0.2) is 0 Å². The van der Waals surface area contributed by atoms with Crippen LogP contribution in [0, 0.1) is 11.8 Å². The standard InChI is InChI=1S/C36H35N3O3.C29H29N3O3.C7H6O.ClH/c40-33-16-15-32(35(41)37-33)39-31-14-13-28(29-7-4-8-30(34(29)31)36(39)42)22-25-11-9-24(10-12-25)21-26-17-19-38(20-18-26)23-27-5-2-1-3-6-27;33-26-11-10-25(28(34)31-26)32-24-9-8-21(22-2-1-3-23(27(22)24)29(32)35)17-19-6-4-18(5-7-19)16-20-12-14-30-15-13-20;8-6-7-4-2-1-3-5-7;/h1-14,26,32H,15-23H2,(H,37,40,41);1-9,20,25,30H,10-17H2,(H,31,33,34);1-6H;1H. The lowest BCUT2D eigenvalue weighted by Crippen LogP contribution is -2.53. The Labute approximate surface area is 507 Å². The number of benzene rings is 8. The molecule has 0 spiro atoms. The summed E-state index contributed by atoms with van der Waals surface area (Å²) >= 11 is 0. The number of amides is 6. The molecule has 2 atom stereocenters. The fourth-order valence-corrected chi connectivity index (χ4v) is 13.4. The second-order valence-electron chi connectivity index (χ2n) is 23.5. The Hall–Kier alpha value is -8.62. The first-order valence-corrected chi connectivity index (χ1v) is 30.1. The van der Waals surface area contributed by atoms with Gasteiger partial charge in [0.15, 0.2) is 0 Å². The molecular weight excluding hydrogens is 1100 g/mol. The molecule has 0 saturated carbocycles. The first-order valence-electron chi connectivity index (χ1n) is 30.1. The van der Waals surface area contributed by atoms with Gasteiger partial charge in [-0.05, 0) is 176 Å². The fraction of sp³-hybridized carbons (Fsp3) is 0.292. The third-order valence-electron chi connectivity index (χ3n) is 17.9. The molecule has 6 aliphatic heterocycles. The SMILES string of the molecule is Cl.O=C1CCC(N2C(=O)c3cccc4c(Cc5ccc(CC6CCN(Cc7ccccc7)CC6)cc5)ccc2c34)C(=O)N1.O=C1CCC(N2C(=O)c3cccc4c(Cc5ccc(CC6CCNCC6)cc5)ccc2c34)C(=O)N1.O=Cc1ccccc1. The summed E-state index contributed by atoms with van der Waals surface area (Å²) in [7, 11) is 0. The van der Waals surface area contributed by atoms with Crippen LogP contribution in [0.25, 0.3) is 21.5 Å². The van der Waals surface area contributed by atoms with E-state index in [1.165, 1.54) is 53.5 Å². The van der Waals surface area contributed by atoms with E-state index in [4.69, 9.17) is 0 Å². The number of aldehydes is 1. The zero-order valence-electron chi connectivity index (χ0n) is 48.2. The van der Waals surface area contributed by atoms with Crippen LogP contribution in [0.1, 0.15) is 121 Å². The number of nitrogens with one attached hydrogen (secondary N) is 3. The number of anilines is 2. The number of piperidine rings is 4. The van der Waals surface area contributed by atoms with Gasteiger partial charge in [-0.15, -0.1) is 12.4 Å². The monoisotopic (exact) mass is 1170 g/mol. The van der Waals surface area contributed by atoms with E-state index in [-0.39, 0.29) is 48.9 Å². The van der Waals surface area contributed by atoms with E-state index in [0.717, 1.165) is 126 Å². The van der Waals surface area contributed by atoms with Crippen LogP contribution in [0.3, 0.4) is 0 Å². The lowest BCUT2D eigenvalue weighted by atomic mass is 9.89. The van der Waals surface area contributed by atoms with Crippen LogP contribution in [0.5, 0.6) is 0 Å². The smallest absolute Gasteiger partial charge is 0.259 e. The van der Waals surface area contributed by atoms with Gasteiger partial charge in [-0.1, -0.05) is 146 Å². The lowest BCUT2D eigenvalue weighted by molar-refractivity contribution is -0.135. The molecule has 4 saturated heterocycles. The predicted molar refractivity (Wildman–Crippen MR) is 339 cm³/mol. The van der Waals surface area contributed by atoms with Crippen LogP contribution in [0.15, 0.2) is 170 Å². The van der Waals surface area contributed by atoms with E-state index in [9.17, 15) is 33.6 Å². The first kappa shape index (κ1) is 59.1. The zero-order valence-corrected chi connectivity index (χ0v) is 49.0. The van der Waals surface area contributed by atoms with E-state index in [0.29, 0.717) is 24.0 Å². The molecule has 6 heterocycles. The predicted octanol–water partition coefficient (Wildman–Crippen LogP) is 11.3. The quantitative estimate of drug-likeness (QED) is 0.0752. The third kappa shape index (κ3) is 13.0. The highest BCUT2D eigenvalue weighted by Gasteiger charge is 2.42. The molecule has 8 aromatic carbocycles. The summed E-state index contributed by atoms with van der Waals surface area (Å²) < 4.78 is 0. The van der Waals surface area contributed by atoms with E-state index < -0.39 is 23.9 Å². The van der Waals surface area contributed by atoms with E-state index in [1.54, 1.807) is 21.9 Å². The van der Waals surface area contributed by atoms with Crippen molar-refractivity contribution in [2.24, 2.45) is 11.8 Å². The Morgan fingerprint density at radius 2 is 0.884 bits per heavy atom. The number of imide groups is 2. The zero-order chi connectivity index (χ0) is 58.4. The van der Waals surface area contributed by atoms with Gasteiger partial charge in [0.2, 0.25) is 23.6 Å². The van der Waals surface area contributed by atoms with Crippen LogP contribution in [-0.4, -0.2) is 84.9 Å². The number of carbonyl (C=O) groups is 7. The number of nitrogens with zero attached hydrogens (tertiary/aromatic N) is 3. The van der Waals surface area contributed by atoms with Gasteiger partial charge in [-0.2, -0.15) is 0 Å². The summed E-state index contributed by atoms with van der Waals surface area (Å²) in [5.74, 6) is -0.204. The Bertz CT molecular complexity index is 3820. The van der Waals surface area contributed by atoms with Gasteiger partial charge >= 0.3 is 0 Å². The van der Waals surface area contributed by atoms with Crippen molar-refractivity contribution in [1.82, 2.24) is 20.9 Å². The van der Waals surface area contributed by atoms with Crippen molar-refractivity contribution in [2.45, 2.75) is 95.7 Å². The van der Waals surface area contributed by atoms with Crippen LogP contribution in [0.4, 0.5) is 11.4 Å². The van der Waals surface area contributed by atoms with Crippen molar-refractivity contribution in [1.29, 1.82) is 0 Å². The number of hydrogen-bond donors (Lipinski definition) is 3. The summed E-state index contributed by atoms with van der Waals surface area (Å²) in [6.45, 7) is 5.61. The minimum Gasteiger partial charge on any atom is -0.317 e. The topological polar surface area (TPSA) is 165 Å². The summed E-state index contributed by atoms with van der Waals surface area (Å²) in [6, 6.07) is 56.2. The highest BCUT2D eigenvalue weighted by Crippen LogP contribution is 2.43.